The molecule has 0 saturated heterocycles. The highest BCUT2D eigenvalue weighted by molar-refractivity contribution is 7.17. The van der Waals surface area contributed by atoms with Gasteiger partial charge in [0.15, 0.2) is 0 Å². The van der Waals surface area contributed by atoms with Crippen LogP contribution >= 0.6 is 11.3 Å². The standard InChI is InChI=1S/C25H29NO5S/c1-12-7-8-17(9-13(12)2)20-16(5)32-23(21(20)25(30)31-6)26-22(27)18-10-14(3)15(4)11-19(18)24(28)29/h7-9,18-19H,10-11H2,1-6H3,(H,26,27)(H,28,29). The van der Waals surface area contributed by atoms with Crippen molar-refractivity contribution in [2.75, 3.05) is 12.4 Å². The average molecular weight is 456 g/mol. The van der Waals surface area contributed by atoms with Gasteiger partial charge in [0.2, 0.25) is 5.91 Å². The Kier molecular flexibility index (Phi) is 6.88. The Morgan fingerprint density at radius 1 is 1.00 bits per heavy atom. The zero-order valence-corrected chi connectivity index (χ0v) is 20.1. The van der Waals surface area contributed by atoms with Gasteiger partial charge < -0.3 is 15.2 Å². The largest absolute Gasteiger partial charge is 0.481 e. The fraction of sp³-hybridized carbons (Fsp3) is 0.400. The van der Waals surface area contributed by atoms with Crippen molar-refractivity contribution >= 4 is 34.2 Å². The number of ether oxygens (including phenoxy) is 1. The van der Waals surface area contributed by atoms with Crippen LogP contribution in [0.3, 0.4) is 0 Å². The van der Waals surface area contributed by atoms with Gasteiger partial charge in [-0.05, 0) is 64.2 Å². The first-order valence-electron chi connectivity index (χ1n) is 10.5. The van der Waals surface area contributed by atoms with Crippen molar-refractivity contribution in [3.63, 3.8) is 0 Å². The number of carboxylic acids is 1. The number of thiophene rings is 1. The summed E-state index contributed by atoms with van der Waals surface area (Å²) in [4.78, 5) is 38.7. The molecule has 6 nitrogen and oxygen atoms in total. The van der Waals surface area contributed by atoms with Gasteiger partial charge in [-0.1, -0.05) is 29.3 Å². The molecule has 0 bridgehead atoms. The highest BCUT2D eigenvalue weighted by Gasteiger charge is 2.38. The first-order chi connectivity index (χ1) is 15.0. The van der Waals surface area contributed by atoms with E-state index in [1.807, 2.05) is 52.8 Å². The van der Waals surface area contributed by atoms with Crippen molar-refractivity contribution in [1.82, 2.24) is 0 Å². The minimum Gasteiger partial charge on any atom is -0.481 e. The third-order valence-corrected chi connectivity index (χ3v) is 7.45. The minimum atomic E-state index is -0.983. The van der Waals surface area contributed by atoms with Crippen molar-refractivity contribution in [1.29, 1.82) is 0 Å². The molecule has 2 N–H and O–H groups in total. The van der Waals surface area contributed by atoms with Gasteiger partial charge >= 0.3 is 11.9 Å². The molecule has 0 saturated carbocycles. The molecule has 32 heavy (non-hydrogen) atoms. The number of aliphatic carboxylic acids is 1. The van der Waals surface area contributed by atoms with Crippen LogP contribution in [0.4, 0.5) is 5.00 Å². The van der Waals surface area contributed by atoms with Crippen molar-refractivity contribution in [2.24, 2.45) is 11.8 Å². The number of amides is 1. The second kappa shape index (κ2) is 9.28. The molecule has 3 rings (SSSR count). The number of hydrogen-bond acceptors (Lipinski definition) is 5. The van der Waals surface area contributed by atoms with E-state index in [9.17, 15) is 19.5 Å². The van der Waals surface area contributed by atoms with Gasteiger partial charge in [-0.25, -0.2) is 4.79 Å². The number of methoxy groups -OCH3 is 1. The summed E-state index contributed by atoms with van der Waals surface area (Å²) in [6.07, 6.45) is 0.733. The number of anilines is 1. The third-order valence-electron chi connectivity index (χ3n) is 6.43. The van der Waals surface area contributed by atoms with E-state index in [1.54, 1.807) is 0 Å². The Hall–Kier alpha value is -2.93. The van der Waals surface area contributed by atoms with Crippen molar-refractivity contribution in [3.05, 3.63) is 50.9 Å². The Morgan fingerprint density at radius 3 is 2.19 bits per heavy atom. The van der Waals surface area contributed by atoms with Crippen LogP contribution in [-0.2, 0) is 14.3 Å². The molecule has 0 aliphatic heterocycles. The summed E-state index contributed by atoms with van der Waals surface area (Å²) in [5, 5.41) is 12.9. The lowest BCUT2D eigenvalue weighted by Crippen LogP contribution is -2.36. The summed E-state index contributed by atoms with van der Waals surface area (Å²) in [7, 11) is 1.31. The van der Waals surface area contributed by atoms with E-state index >= 15 is 0 Å². The first-order valence-corrected chi connectivity index (χ1v) is 11.3. The van der Waals surface area contributed by atoms with Gasteiger partial charge in [0.25, 0.3) is 0 Å². The zero-order chi connectivity index (χ0) is 23.7. The lowest BCUT2D eigenvalue weighted by Gasteiger charge is -2.29. The molecule has 0 spiro atoms. The Balaban J connectivity index is 2.03. The Labute approximate surface area is 192 Å². The Morgan fingerprint density at radius 2 is 1.62 bits per heavy atom. The first kappa shape index (κ1) is 23.7. The molecule has 2 atom stereocenters. The predicted molar refractivity (Wildman–Crippen MR) is 126 cm³/mol. The molecule has 170 valence electrons. The number of carbonyl (C=O) groups is 3. The molecule has 1 aromatic heterocycles. The number of nitrogens with one attached hydrogen (secondary N) is 1. The summed E-state index contributed by atoms with van der Waals surface area (Å²) in [5.74, 6) is -3.40. The van der Waals surface area contributed by atoms with Gasteiger partial charge in [-0.2, -0.15) is 0 Å². The maximum absolute atomic E-state index is 13.2. The average Bonchev–Trinajstić information content (AvgIpc) is 3.06. The molecule has 7 heteroatoms. The molecule has 1 aliphatic rings. The summed E-state index contributed by atoms with van der Waals surface area (Å²) < 4.78 is 5.04. The summed E-state index contributed by atoms with van der Waals surface area (Å²) in [6.45, 7) is 9.77. The molecular weight excluding hydrogens is 426 g/mol. The predicted octanol–water partition coefficient (Wildman–Crippen LogP) is 5.51. The van der Waals surface area contributed by atoms with Gasteiger partial charge in [-0.15, -0.1) is 11.3 Å². The van der Waals surface area contributed by atoms with Crippen LogP contribution in [0.2, 0.25) is 0 Å². The number of allylic oxidation sites excluding steroid dienone is 2. The summed E-state index contributed by atoms with van der Waals surface area (Å²) in [5.41, 5.74) is 6.19. The van der Waals surface area contributed by atoms with Crippen LogP contribution in [0.25, 0.3) is 11.1 Å². The van der Waals surface area contributed by atoms with Crippen molar-refractivity contribution in [3.8, 4) is 11.1 Å². The van der Waals surface area contributed by atoms with Gasteiger partial charge in [0.1, 0.15) is 10.6 Å². The zero-order valence-electron chi connectivity index (χ0n) is 19.3. The number of carboxylic acid groups (broad SMARTS) is 1. The molecule has 0 radical (unpaired) electrons. The Bertz CT molecular complexity index is 1130. The number of hydrogen-bond donors (Lipinski definition) is 2. The van der Waals surface area contributed by atoms with E-state index in [0.29, 0.717) is 23.4 Å². The molecular formula is C25H29NO5S. The summed E-state index contributed by atoms with van der Waals surface area (Å²) in [6, 6.07) is 5.97. The summed E-state index contributed by atoms with van der Waals surface area (Å²) >= 11 is 1.30. The highest BCUT2D eigenvalue weighted by Crippen LogP contribution is 2.42. The van der Waals surface area contributed by atoms with E-state index in [2.05, 4.69) is 5.32 Å². The van der Waals surface area contributed by atoms with Gasteiger partial charge in [0.05, 0.1) is 18.9 Å². The molecule has 0 fully saturated rings. The normalized spacial score (nSPS) is 18.4. The fourth-order valence-corrected chi connectivity index (χ4v) is 5.27. The lowest BCUT2D eigenvalue weighted by atomic mass is 9.76. The number of rotatable bonds is 5. The molecule has 2 unspecified atom stereocenters. The number of esters is 1. The van der Waals surface area contributed by atoms with E-state index < -0.39 is 23.8 Å². The number of carbonyl (C=O) groups excluding carboxylic acids is 2. The molecule has 1 aromatic carbocycles. The molecule has 1 aliphatic carbocycles. The number of aryl methyl sites for hydroxylation is 3. The van der Waals surface area contributed by atoms with E-state index in [4.69, 9.17) is 4.74 Å². The van der Waals surface area contributed by atoms with Crippen LogP contribution in [0, 0.1) is 32.6 Å². The molecule has 2 aromatic rings. The van der Waals surface area contributed by atoms with Crippen molar-refractivity contribution < 1.29 is 24.2 Å². The molecule has 1 amide bonds. The van der Waals surface area contributed by atoms with Crippen LogP contribution in [0.15, 0.2) is 29.3 Å². The smallest absolute Gasteiger partial charge is 0.341 e. The monoisotopic (exact) mass is 455 g/mol. The topological polar surface area (TPSA) is 92.7 Å². The van der Waals surface area contributed by atoms with Crippen LogP contribution < -0.4 is 5.32 Å². The van der Waals surface area contributed by atoms with Gasteiger partial charge in [-0.3, -0.25) is 9.59 Å². The second-order valence-corrected chi connectivity index (χ2v) is 9.76. The maximum atomic E-state index is 13.2. The van der Waals surface area contributed by atoms with Crippen LogP contribution in [0.5, 0.6) is 0 Å². The van der Waals surface area contributed by atoms with E-state index in [0.717, 1.165) is 38.3 Å². The third kappa shape index (κ3) is 4.48. The van der Waals surface area contributed by atoms with Crippen LogP contribution in [0.1, 0.15) is 53.1 Å². The highest BCUT2D eigenvalue weighted by atomic mass is 32.1. The molecule has 1 heterocycles. The number of benzene rings is 1. The van der Waals surface area contributed by atoms with E-state index in [-0.39, 0.29) is 5.91 Å². The van der Waals surface area contributed by atoms with E-state index in [1.165, 1.54) is 18.4 Å². The SMILES string of the molecule is COC(=O)c1c(NC(=O)C2CC(C)=C(C)CC2C(=O)O)sc(C)c1-c1ccc(C)c(C)c1. The minimum absolute atomic E-state index is 0.303. The second-order valence-electron chi connectivity index (χ2n) is 8.54. The van der Waals surface area contributed by atoms with Gasteiger partial charge in [0, 0.05) is 10.4 Å². The lowest BCUT2D eigenvalue weighted by molar-refractivity contribution is -0.146. The van der Waals surface area contributed by atoms with Crippen molar-refractivity contribution in [2.45, 2.75) is 47.5 Å². The fourth-order valence-electron chi connectivity index (χ4n) is 4.21. The van der Waals surface area contributed by atoms with Crippen LogP contribution in [-0.4, -0.2) is 30.1 Å². The quantitative estimate of drug-likeness (QED) is 0.458. The maximum Gasteiger partial charge on any atom is 0.341 e.